The van der Waals surface area contributed by atoms with Gasteiger partial charge < -0.3 is 26.2 Å². The third kappa shape index (κ3) is 4.43. The minimum atomic E-state index is -2.79. The average molecular weight is 591 g/mol. The number of anilines is 2. The van der Waals surface area contributed by atoms with Crippen LogP contribution >= 0.6 is 0 Å². The number of hydrogen-bond donors (Lipinski definition) is 4. The van der Waals surface area contributed by atoms with Crippen molar-refractivity contribution in [1.29, 1.82) is 0 Å². The summed E-state index contributed by atoms with van der Waals surface area (Å²) in [6.07, 6.45) is 0.122. The Morgan fingerprint density at radius 1 is 1.05 bits per heavy atom. The number of nitrogens with one attached hydrogen (secondary N) is 1. The molecule has 2 aromatic carbocycles. The number of fused-ring (bicyclic) bond motifs is 3. The fourth-order valence-electron chi connectivity index (χ4n) is 7.24. The van der Waals surface area contributed by atoms with Crippen molar-refractivity contribution in [3.05, 3.63) is 41.5 Å². The number of phenols is 1. The van der Waals surface area contributed by atoms with Crippen molar-refractivity contribution in [2.75, 3.05) is 38.4 Å². The Morgan fingerprint density at radius 3 is 2.30 bits per heavy atom. The highest BCUT2D eigenvalue weighted by Crippen LogP contribution is 2.53. The van der Waals surface area contributed by atoms with E-state index in [0.29, 0.717) is 22.5 Å². The number of amides is 2. The predicted molar refractivity (Wildman–Crippen MR) is 155 cm³/mol. The first-order valence-corrected chi connectivity index (χ1v) is 13.9. The molecule has 2 amide bonds. The number of aliphatic hydroxyl groups is 1. The monoisotopic (exact) mass is 590 g/mol. The number of nitrogens with zero attached hydrogens (tertiary/aromatic N) is 2. The van der Waals surface area contributed by atoms with Crippen molar-refractivity contribution in [1.82, 2.24) is 4.90 Å². The second-order valence-corrected chi connectivity index (χ2v) is 12.1. The number of Topliss-reactive ketones (excluding diaryl/α,β-unsaturated/α-hetero) is 4. The number of nitrogens with two attached hydrogens (primary N) is 1. The van der Waals surface area contributed by atoms with Gasteiger partial charge in [-0.2, -0.15) is 0 Å². The van der Waals surface area contributed by atoms with Gasteiger partial charge in [0, 0.05) is 43.9 Å². The maximum atomic E-state index is 14.2. The Hall–Kier alpha value is -4.42. The van der Waals surface area contributed by atoms with E-state index >= 15 is 0 Å². The molecule has 0 spiro atoms. The zero-order chi connectivity index (χ0) is 31.7. The molecule has 2 saturated carbocycles. The fourth-order valence-corrected chi connectivity index (χ4v) is 7.24. The van der Waals surface area contributed by atoms with Crippen molar-refractivity contribution in [2.24, 2.45) is 29.4 Å². The number of aromatic hydroxyl groups is 1. The van der Waals surface area contributed by atoms with Gasteiger partial charge in [0.2, 0.25) is 11.8 Å². The summed E-state index contributed by atoms with van der Waals surface area (Å²) in [7, 11) is 6.63. The van der Waals surface area contributed by atoms with Crippen LogP contribution in [-0.4, -0.2) is 89.9 Å². The first kappa shape index (κ1) is 30.1. The summed E-state index contributed by atoms with van der Waals surface area (Å²) >= 11 is 0. The van der Waals surface area contributed by atoms with E-state index in [2.05, 4.69) is 5.32 Å². The normalized spacial score (nSPS) is 28.2. The summed E-state index contributed by atoms with van der Waals surface area (Å²) in [5, 5.41) is 26.0. The van der Waals surface area contributed by atoms with Gasteiger partial charge in [0.15, 0.2) is 34.7 Å². The molecule has 3 aliphatic carbocycles. The van der Waals surface area contributed by atoms with E-state index in [1.807, 2.05) is 0 Å². The Morgan fingerprint density at radius 2 is 1.72 bits per heavy atom. The average Bonchev–Trinajstić information content (AvgIpc) is 2.90. The second-order valence-electron chi connectivity index (χ2n) is 12.1. The predicted octanol–water partition coefficient (Wildman–Crippen LogP) is 0.558. The Bertz CT molecular complexity index is 1610. The summed E-state index contributed by atoms with van der Waals surface area (Å²) in [6, 6.07) is 7.25. The van der Waals surface area contributed by atoms with Crippen LogP contribution in [0.25, 0.3) is 11.1 Å². The summed E-state index contributed by atoms with van der Waals surface area (Å²) in [5.41, 5.74) is 4.85. The van der Waals surface area contributed by atoms with E-state index in [0.717, 1.165) is 0 Å². The van der Waals surface area contributed by atoms with Crippen LogP contribution in [0.1, 0.15) is 29.3 Å². The lowest BCUT2D eigenvalue weighted by molar-refractivity contribution is -0.181. The molecule has 5 rings (SSSR count). The molecule has 3 aliphatic rings. The van der Waals surface area contributed by atoms with Gasteiger partial charge in [-0.1, -0.05) is 12.1 Å². The van der Waals surface area contributed by atoms with Crippen molar-refractivity contribution in [2.45, 2.75) is 31.4 Å². The van der Waals surface area contributed by atoms with E-state index in [4.69, 9.17) is 5.73 Å². The van der Waals surface area contributed by atoms with Gasteiger partial charge >= 0.3 is 0 Å². The Kier molecular flexibility index (Phi) is 7.26. The number of likely N-dealkylation sites (N-methyl/N-ethyl adjacent to an activating group) is 1. The maximum Gasteiger partial charge on any atom is 0.235 e. The third-order valence-electron chi connectivity index (χ3n) is 9.01. The molecule has 226 valence electrons. The number of carbonyl (C=O) groups is 6. The van der Waals surface area contributed by atoms with Crippen molar-refractivity contribution >= 4 is 46.3 Å². The molecular formula is C31H34N4O8. The summed E-state index contributed by atoms with van der Waals surface area (Å²) in [4.78, 5) is 82.1. The highest BCUT2D eigenvalue weighted by atomic mass is 16.3. The number of carbonyl (C=O) groups excluding carboxylic acids is 6. The standard InChI is InChI=1S/C31H34N4O8/c1-13(36)33-16-8-6-7-14(9-16)17-12-20(34(2)3)18-10-15-11-19-24(35(4)5)27(39)23(30(32)42)29(41)31(19,43)28(40)21(15)26(38)22(18)25(17)37/h6-9,12,15,19,21,23-24,37,43H,10-11H2,1-5H3,(H2,32,42)(H,33,36)/t15?,19?,21?,23?,24-,31-/m0/s1. The lowest BCUT2D eigenvalue weighted by atomic mass is 9.52. The summed E-state index contributed by atoms with van der Waals surface area (Å²) in [6.45, 7) is 1.36. The lowest BCUT2D eigenvalue weighted by Gasteiger charge is -2.52. The van der Waals surface area contributed by atoms with E-state index in [1.165, 1.54) is 11.8 Å². The minimum Gasteiger partial charge on any atom is -0.507 e. The Labute approximate surface area is 247 Å². The number of ketones is 4. The number of hydrogen-bond acceptors (Lipinski definition) is 10. The zero-order valence-corrected chi connectivity index (χ0v) is 24.5. The maximum absolute atomic E-state index is 14.2. The van der Waals surface area contributed by atoms with Crippen molar-refractivity contribution in [3.8, 4) is 16.9 Å². The SMILES string of the molecule is CC(=O)Nc1cccc(-c2cc(N(C)C)c3c(c2O)C(=O)C2C(=O)[C@]4(O)C(=O)C(C(N)=O)C(=O)[C@@H](N(C)C)C4CC2C3)c1. The molecule has 0 aliphatic heterocycles. The highest BCUT2D eigenvalue weighted by Gasteiger charge is 2.69. The largest absolute Gasteiger partial charge is 0.507 e. The molecule has 12 nitrogen and oxygen atoms in total. The summed E-state index contributed by atoms with van der Waals surface area (Å²) < 4.78 is 0. The minimum absolute atomic E-state index is 0.0297. The Balaban J connectivity index is 1.67. The zero-order valence-electron chi connectivity index (χ0n) is 24.5. The van der Waals surface area contributed by atoms with Crippen LogP contribution < -0.4 is 16.0 Å². The molecular weight excluding hydrogens is 556 g/mol. The molecule has 4 unspecified atom stereocenters. The molecule has 5 N–H and O–H groups in total. The van der Waals surface area contributed by atoms with Crippen LogP contribution in [0.2, 0.25) is 0 Å². The second kappa shape index (κ2) is 10.4. The van der Waals surface area contributed by atoms with Crippen LogP contribution in [0.3, 0.4) is 0 Å². The van der Waals surface area contributed by atoms with E-state index in [-0.39, 0.29) is 35.6 Å². The number of rotatable bonds is 5. The van der Waals surface area contributed by atoms with Gasteiger partial charge in [-0.3, -0.25) is 33.7 Å². The van der Waals surface area contributed by atoms with Gasteiger partial charge in [0.05, 0.1) is 17.5 Å². The van der Waals surface area contributed by atoms with E-state index in [9.17, 15) is 39.0 Å². The smallest absolute Gasteiger partial charge is 0.235 e. The number of primary amides is 1. The third-order valence-corrected chi connectivity index (χ3v) is 9.01. The molecule has 0 saturated heterocycles. The molecule has 0 heterocycles. The van der Waals surface area contributed by atoms with Crippen LogP contribution in [0.15, 0.2) is 30.3 Å². The van der Waals surface area contributed by atoms with Crippen molar-refractivity contribution < 1.29 is 39.0 Å². The molecule has 2 aromatic rings. The van der Waals surface area contributed by atoms with Gasteiger partial charge in [0.25, 0.3) is 0 Å². The quantitative estimate of drug-likeness (QED) is 0.358. The van der Waals surface area contributed by atoms with Crippen LogP contribution in [0.5, 0.6) is 5.75 Å². The first-order chi connectivity index (χ1) is 20.1. The van der Waals surface area contributed by atoms with E-state index < -0.39 is 64.4 Å². The van der Waals surface area contributed by atoms with E-state index in [1.54, 1.807) is 63.4 Å². The first-order valence-electron chi connectivity index (χ1n) is 13.9. The van der Waals surface area contributed by atoms with Gasteiger partial charge in [-0.15, -0.1) is 0 Å². The van der Waals surface area contributed by atoms with Crippen molar-refractivity contribution in [3.63, 3.8) is 0 Å². The molecule has 0 radical (unpaired) electrons. The van der Waals surface area contributed by atoms with Crippen LogP contribution in [0, 0.1) is 23.7 Å². The molecule has 6 atom stereocenters. The fraction of sp³-hybridized carbons (Fsp3) is 0.419. The molecule has 43 heavy (non-hydrogen) atoms. The lowest BCUT2D eigenvalue weighted by Crippen LogP contribution is -2.74. The molecule has 0 aromatic heterocycles. The van der Waals surface area contributed by atoms with Crippen LogP contribution in [0.4, 0.5) is 11.4 Å². The number of phenolic OH excluding ortho intramolecular Hbond substituents is 1. The topological polar surface area (TPSA) is 187 Å². The summed E-state index contributed by atoms with van der Waals surface area (Å²) in [5.74, 6) is -11.3. The van der Waals surface area contributed by atoms with Gasteiger partial charge in [-0.25, -0.2) is 0 Å². The molecule has 2 fully saturated rings. The van der Waals surface area contributed by atoms with Gasteiger partial charge in [0.1, 0.15) is 5.75 Å². The van der Waals surface area contributed by atoms with Gasteiger partial charge in [-0.05, 0) is 62.2 Å². The molecule has 0 bridgehead atoms. The highest BCUT2D eigenvalue weighted by molar-refractivity contribution is 6.32. The number of benzene rings is 2. The van der Waals surface area contributed by atoms with Crippen LogP contribution in [-0.2, 0) is 30.4 Å². The molecule has 12 heteroatoms.